The fraction of sp³-hybridized carbons (Fsp3) is 0.160. The lowest BCUT2D eigenvalue weighted by molar-refractivity contribution is -0.116. The third-order valence-electron chi connectivity index (χ3n) is 5.60. The number of nitrogens with zero attached hydrogens (tertiary/aromatic N) is 5. The van der Waals surface area contributed by atoms with Crippen molar-refractivity contribution in [3.63, 3.8) is 0 Å². The van der Waals surface area contributed by atoms with Crippen molar-refractivity contribution in [3.05, 3.63) is 87.4 Å². The fourth-order valence-electron chi connectivity index (χ4n) is 3.78. The van der Waals surface area contributed by atoms with Gasteiger partial charge in [0.1, 0.15) is 17.0 Å². The number of ether oxygens (including phenoxy) is 1. The molecule has 0 unspecified atom stereocenters. The quantitative estimate of drug-likeness (QED) is 0.348. The molecule has 3 heterocycles. The number of hydrogen-bond donors (Lipinski definition) is 2. The zero-order valence-electron chi connectivity index (χ0n) is 19.5. The van der Waals surface area contributed by atoms with E-state index in [2.05, 4.69) is 25.5 Å². The van der Waals surface area contributed by atoms with Gasteiger partial charge in [-0.05, 0) is 55.3 Å². The number of aromatic nitrogens is 6. The first-order chi connectivity index (χ1) is 17.4. The van der Waals surface area contributed by atoms with Crippen LogP contribution in [-0.4, -0.2) is 42.5 Å². The number of halogens is 1. The number of aryl methyl sites for hydroxylation is 2. The lowest BCUT2D eigenvalue weighted by Gasteiger charge is -2.09. The molecular formula is C25H22ClN7O3. The summed E-state index contributed by atoms with van der Waals surface area (Å²) in [6.07, 6.45) is 2.28. The summed E-state index contributed by atoms with van der Waals surface area (Å²) in [7, 11) is 1.61. The van der Waals surface area contributed by atoms with E-state index >= 15 is 0 Å². The predicted molar refractivity (Wildman–Crippen MR) is 136 cm³/mol. The molecule has 5 aromatic rings. The summed E-state index contributed by atoms with van der Waals surface area (Å²) < 4.78 is 8.12. The number of methoxy groups -OCH3 is 1. The first-order valence-corrected chi connectivity index (χ1v) is 11.5. The summed E-state index contributed by atoms with van der Waals surface area (Å²) >= 11 is 6.00. The van der Waals surface area contributed by atoms with Crippen molar-refractivity contribution >= 4 is 34.4 Å². The summed E-state index contributed by atoms with van der Waals surface area (Å²) in [6.45, 7) is 1.79. The summed E-state index contributed by atoms with van der Waals surface area (Å²) in [5.74, 6) is 1.12. The molecule has 0 fully saturated rings. The molecule has 0 bridgehead atoms. The van der Waals surface area contributed by atoms with E-state index in [9.17, 15) is 9.59 Å². The summed E-state index contributed by atoms with van der Waals surface area (Å²) in [4.78, 5) is 32.9. The minimum atomic E-state index is -0.375. The highest BCUT2D eigenvalue weighted by atomic mass is 35.5. The number of nitrogens with one attached hydrogen (secondary N) is 2. The Morgan fingerprint density at radius 1 is 1.11 bits per heavy atom. The van der Waals surface area contributed by atoms with E-state index in [4.69, 9.17) is 16.3 Å². The first kappa shape index (κ1) is 23.3. The number of H-pyrrole nitrogens is 1. The van der Waals surface area contributed by atoms with Gasteiger partial charge in [0.2, 0.25) is 11.9 Å². The van der Waals surface area contributed by atoms with Crippen LogP contribution in [0.2, 0.25) is 5.02 Å². The predicted octanol–water partition coefficient (Wildman–Crippen LogP) is 3.84. The van der Waals surface area contributed by atoms with E-state index in [0.29, 0.717) is 39.7 Å². The van der Waals surface area contributed by atoms with Gasteiger partial charge < -0.3 is 10.1 Å². The van der Waals surface area contributed by atoms with Crippen LogP contribution in [0.5, 0.6) is 5.75 Å². The molecule has 182 valence electrons. The molecular weight excluding hydrogens is 482 g/mol. The van der Waals surface area contributed by atoms with Crippen LogP contribution in [0.15, 0.2) is 65.6 Å². The van der Waals surface area contributed by atoms with E-state index in [1.807, 2.05) is 24.3 Å². The maximum atomic E-state index is 12.8. The van der Waals surface area contributed by atoms with Crippen molar-refractivity contribution in [2.24, 2.45) is 0 Å². The average molecular weight is 504 g/mol. The van der Waals surface area contributed by atoms with Crippen LogP contribution in [-0.2, 0) is 11.2 Å². The van der Waals surface area contributed by atoms with Crippen molar-refractivity contribution < 1.29 is 9.53 Å². The highest BCUT2D eigenvalue weighted by molar-refractivity contribution is 6.30. The smallest absolute Gasteiger partial charge is 0.263 e. The third kappa shape index (κ3) is 4.71. The second kappa shape index (κ2) is 9.67. The van der Waals surface area contributed by atoms with Crippen LogP contribution >= 0.6 is 11.6 Å². The molecule has 2 aromatic carbocycles. The molecule has 0 spiro atoms. The van der Waals surface area contributed by atoms with Crippen molar-refractivity contribution in [2.45, 2.75) is 19.8 Å². The monoisotopic (exact) mass is 503 g/mol. The van der Waals surface area contributed by atoms with Gasteiger partial charge in [-0.15, -0.1) is 0 Å². The summed E-state index contributed by atoms with van der Waals surface area (Å²) in [5.41, 5.74) is 2.33. The largest absolute Gasteiger partial charge is 0.497 e. The number of amides is 1. The normalized spacial score (nSPS) is 11.1. The summed E-state index contributed by atoms with van der Waals surface area (Å²) in [6, 6.07) is 16.3. The minimum absolute atomic E-state index is 0.154. The molecule has 2 N–H and O–H groups in total. The van der Waals surface area contributed by atoms with E-state index in [-0.39, 0.29) is 23.8 Å². The van der Waals surface area contributed by atoms with Crippen molar-refractivity contribution in [1.82, 2.24) is 29.5 Å². The van der Waals surface area contributed by atoms with E-state index in [1.165, 1.54) is 10.9 Å². The number of carbonyl (C=O) groups excluding carboxylic acids is 1. The Hall–Kier alpha value is -4.44. The van der Waals surface area contributed by atoms with Gasteiger partial charge in [-0.2, -0.15) is 19.9 Å². The van der Waals surface area contributed by atoms with Crippen molar-refractivity contribution in [2.75, 3.05) is 12.4 Å². The lowest BCUT2D eigenvalue weighted by atomic mass is 10.1. The Balaban J connectivity index is 1.42. The topological polar surface area (TPSA) is 120 Å². The van der Waals surface area contributed by atoms with Crippen LogP contribution in [0.1, 0.15) is 17.7 Å². The molecule has 1 amide bonds. The minimum Gasteiger partial charge on any atom is -0.497 e. The molecule has 0 aliphatic rings. The Labute approximate surface area is 210 Å². The molecule has 0 saturated heterocycles. The SMILES string of the molecule is COc1ccc(CCC(=O)Nc2cc(C)nn2-c2nc3c(cnn3-c3ccc(Cl)cc3)c(=O)[nH]2)cc1. The van der Waals surface area contributed by atoms with Crippen LogP contribution in [0, 0.1) is 6.92 Å². The number of benzene rings is 2. The zero-order chi connectivity index (χ0) is 25.2. The number of carbonyl (C=O) groups is 1. The maximum Gasteiger partial charge on any atom is 0.263 e. The molecule has 3 aromatic heterocycles. The van der Waals surface area contributed by atoms with Gasteiger partial charge in [0.15, 0.2) is 5.65 Å². The standard InChI is InChI=1S/C25H22ClN7O3/c1-15-13-21(28-22(34)12-5-16-3-10-19(36-2)11-4-16)33(31-15)25-29-23-20(24(35)30-25)14-27-32(23)18-8-6-17(26)7-9-18/h3-4,6-11,13-14H,5,12H2,1-2H3,(H,28,34)(H,29,30,35). The maximum absolute atomic E-state index is 12.8. The lowest BCUT2D eigenvalue weighted by Crippen LogP contribution is -2.19. The third-order valence-corrected chi connectivity index (χ3v) is 5.85. The Morgan fingerprint density at radius 3 is 2.58 bits per heavy atom. The Kier molecular flexibility index (Phi) is 6.26. The molecule has 11 heteroatoms. The molecule has 0 radical (unpaired) electrons. The molecule has 0 aliphatic heterocycles. The van der Waals surface area contributed by atoms with Crippen molar-refractivity contribution in [1.29, 1.82) is 0 Å². The van der Waals surface area contributed by atoms with Crippen molar-refractivity contribution in [3.8, 4) is 17.4 Å². The second-order valence-corrected chi connectivity index (χ2v) is 8.58. The van der Waals surface area contributed by atoms with Crippen LogP contribution < -0.4 is 15.6 Å². The van der Waals surface area contributed by atoms with Gasteiger partial charge >= 0.3 is 0 Å². The van der Waals surface area contributed by atoms with Crippen LogP contribution in [0.4, 0.5) is 5.82 Å². The van der Waals surface area contributed by atoms with Gasteiger partial charge in [-0.1, -0.05) is 23.7 Å². The fourth-order valence-corrected chi connectivity index (χ4v) is 3.91. The van der Waals surface area contributed by atoms with E-state index in [1.54, 1.807) is 49.0 Å². The van der Waals surface area contributed by atoms with Crippen LogP contribution in [0.25, 0.3) is 22.7 Å². The molecule has 0 saturated carbocycles. The first-order valence-electron chi connectivity index (χ1n) is 11.1. The average Bonchev–Trinajstić information content (AvgIpc) is 3.47. The zero-order valence-corrected chi connectivity index (χ0v) is 20.3. The van der Waals surface area contributed by atoms with E-state index < -0.39 is 0 Å². The van der Waals surface area contributed by atoms with Gasteiger partial charge in [-0.25, -0.2) is 4.68 Å². The number of rotatable bonds is 7. The molecule has 36 heavy (non-hydrogen) atoms. The molecule has 0 atom stereocenters. The number of anilines is 1. The van der Waals surface area contributed by atoms with E-state index in [0.717, 1.165) is 11.3 Å². The number of fused-ring (bicyclic) bond motifs is 1. The second-order valence-electron chi connectivity index (χ2n) is 8.14. The van der Waals surface area contributed by atoms with Gasteiger partial charge in [-0.3, -0.25) is 14.6 Å². The number of hydrogen-bond acceptors (Lipinski definition) is 6. The van der Waals surface area contributed by atoms with Gasteiger partial charge in [0.05, 0.1) is 24.7 Å². The van der Waals surface area contributed by atoms with Crippen LogP contribution in [0.3, 0.4) is 0 Å². The Bertz CT molecular complexity index is 1600. The van der Waals surface area contributed by atoms with Gasteiger partial charge in [0, 0.05) is 17.5 Å². The highest BCUT2D eigenvalue weighted by Crippen LogP contribution is 2.20. The highest BCUT2D eigenvalue weighted by Gasteiger charge is 2.17. The molecule has 10 nitrogen and oxygen atoms in total. The van der Waals surface area contributed by atoms with Gasteiger partial charge in [0.25, 0.3) is 5.56 Å². The number of aromatic amines is 1. The summed E-state index contributed by atoms with van der Waals surface area (Å²) in [5, 5.41) is 12.5. The molecule has 0 aliphatic carbocycles. The molecule has 5 rings (SSSR count). The Morgan fingerprint density at radius 2 is 1.86 bits per heavy atom.